The van der Waals surface area contributed by atoms with Gasteiger partial charge in [-0.1, -0.05) is 15.9 Å². The number of aryl methyl sites for hydroxylation is 1. The number of hydrogen-bond acceptors (Lipinski definition) is 3. The van der Waals surface area contributed by atoms with Crippen molar-refractivity contribution >= 4 is 38.2 Å². The fourth-order valence-electron chi connectivity index (χ4n) is 2.18. The molecule has 1 atom stereocenters. The van der Waals surface area contributed by atoms with E-state index >= 15 is 0 Å². The van der Waals surface area contributed by atoms with Crippen molar-refractivity contribution in [3.05, 3.63) is 56.4 Å². The summed E-state index contributed by atoms with van der Waals surface area (Å²) in [6.07, 6.45) is 0. The number of hydrogen-bond donors (Lipinski definition) is 1. The Morgan fingerprint density at radius 1 is 1.25 bits per heavy atom. The largest absolute Gasteiger partial charge is 0.459 e. The van der Waals surface area contributed by atoms with Gasteiger partial charge in [-0.05, 0) is 50.2 Å². The second-order valence-corrected chi connectivity index (χ2v) is 7.23. The Hall–Kier alpha value is -1.10. The average Bonchev–Trinajstić information content (AvgIpc) is 3.01. The molecule has 1 aromatic carbocycles. The van der Waals surface area contributed by atoms with Gasteiger partial charge in [0.2, 0.25) is 0 Å². The molecule has 0 fully saturated rings. The van der Waals surface area contributed by atoms with Crippen LogP contribution in [0.5, 0.6) is 0 Å². The number of rotatable bonds is 4. The van der Waals surface area contributed by atoms with Gasteiger partial charge in [-0.3, -0.25) is 0 Å². The van der Waals surface area contributed by atoms with Crippen molar-refractivity contribution in [1.82, 2.24) is 5.32 Å². The monoisotopic (exact) mass is 349 g/mol. The van der Waals surface area contributed by atoms with Gasteiger partial charge in [0.15, 0.2) is 0 Å². The Morgan fingerprint density at radius 2 is 2.10 bits per heavy atom. The smallest absolute Gasteiger partial charge is 0.134 e. The Kier molecular flexibility index (Phi) is 3.96. The van der Waals surface area contributed by atoms with E-state index in [9.17, 15) is 0 Å². The lowest BCUT2D eigenvalue weighted by Crippen LogP contribution is -2.16. The summed E-state index contributed by atoms with van der Waals surface area (Å²) in [7, 11) is 0. The van der Waals surface area contributed by atoms with E-state index in [1.54, 1.807) is 0 Å². The van der Waals surface area contributed by atoms with Crippen LogP contribution >= 0.6 is 27.3 Å². The summed E-state index contributed by atoms with van der Waals surface area (Å²) in [6.45, 7) is 5.14. The quantitative estimate of drug-likeness (QED) is 0.680. The molecular formula is C16H16BrNOS. The Bertz CT molecular complexity index is 731. The van der Waals surface area contributed by atoms with Gasteiger partial charge in [0.1, 0.15) is 11.3 Å². The maximum atomic E-state index is 5.90. The number of thiophene rings is 1. The highest BCUT2D eigenvalue weighted by atomic mass is 79.9. The molecule has 2 aromatic heterocycles. The predicted octanol–water partition coefficient (Wildman–Crippen LogP) is 5.42. The number of fused-ring (bicyclic) bond motifs is 1. The van der Waals surface area contributed by atoms with Crippen molar-refractivity contribution in [3.8, 4) is 0 Å². The lowest BCUT2D eigenvalue weighted by molar-refractivity contribution is 0.452. The maximum Gasteiger partial charge on any atom is 0.134 e. The van der Waals surface area contributed by atoms with Crippen LogP contribution in [0.25, 0.3) is 11.0 Å². The van der Waals surface area contributed by atoms with Crippen LogP contribution in [-0.2, 0) is 6.54 Å². The highest BCUT2D eigenvalue weighted by Crippen LogP contribution is 2.27. The van der Waals surface area contributed by atoms with Crippen molar-refractivity contribution in [1.29, 1.82) is 0 Å². The van der Waals surface area contributed by atoms with Gasteiger partial charge >= 0.3 is 0 Å². The van der Waals surface area contributed by atoms with E-state index in [1.165, 1.54) is 9.75 Å². The average molecular weight is 350 g/mol. The molecule has 1 N–H and O–H groups in total. The third-order valence-corrected chi connectivity index (χ3v) is 4.80. The predicted molar refractivity (Wildman–Crippen MR) is 88.2 cm³/mol. The summed E-state index contributed by atoms with van der Waals surface area (Å²) < 4.78 is 6.97. The number of nitrogens with one attached hydrogen (secondary N) is 1. The molecule has 0 aliphatic carbocycles. The maximum absolute atomic E-state index is 5.90. The first-order valence-corrected chi connectivity index (χ1v) is 8.20. The summed E-state index contributed by atoms with van der Waals surface area (Å²) in [5.74, 6) is 0.978. The van der Waals surface area contributed by atoms with Crippen LogP contribution in [-0.4, -0.2) is 0 Å². The first-order chi connectivity index (χ1) is 9.61. The molecule has 0 amide bonds. The summed E-state index contributed by atoms with van der Waals surface area (Å²) >= 11 is 5.32. The third-order valence-electron chi connectivity index (χ3n) is 3.30. The van der Waals surface area contributed by atoms with E-state index < -0.39 is 0 Å². The lowest BCUT2D eigenvalue weighted by Gasteiger charge is -2.09. The fraction of sp³-hybridized carbons (Fsp3) is 0.250. The molecule has 3 rings (SSSR count). The Balaban J connectivity index is 1.73. The molecule has 0 aliphatic heterocycles. The summed E-state index contributed by atoms with van der Waals surface area (Å²) in [5, 5.41) is 4.64. The van der Waals surface area contributed by atoms with Gasteiger partial charge < -0.3 is 9.73 Å². The van der Waals surface area contributed by atoms with Crippen LogP contribution in [0.3, 0.4) is 0 Å². The highest BCUT2D eigenvalue weighted by Gasteiger charge is 2.11. The molecule has 3 aromatic rings. The number of furan rings is 1. The molecule has 104 valence electrons. The lowest BCUT2D eigenvalue weighted by atomic mass is 10.2. The van der Waals surface area contributed by atoms with Crippen molar-refractivity contribution in [2.75, 3.05) is 0 Å². The number of halogens is 1. The minimum Gasteiger partial charge on any atom is -0.459 e. The van der Waals surface area contributed by atoms with E-state index in [4.69, 9.17) is 4.42 Å². The van der Waals surface area contributed by atoms with Gasteiger partial charge in [-0.15, -0.1) is 11.3 Å². The molecule has 0 bridgehead atoms. The molecule has 2 heterocycles. The molecular weight excluding hydrogens is 334 g/mol. The molecule has 0 saturated heterocycles. The normalized spacial score (nSPS) is 12.9. The molecule has 4 heteroatoms. The molecule has 20 heavy (non-hydrogen) atoms. The SMILES string of the molecule is Cc1ccc(CNC(C)c2cc3cc(Br)ccc3o2)s1. The van der Waals surface area contributed by atoms with Crippen molar-refractivity contribution < 1.29 is 4.42 Å². The van der Waals surface area contributed by atoms with Gasteiger partial charge in [0.05, 0.1) is 6.04 Å². The molecule has 0 spiro atoms. The van der Waals surface area contributed by atoms with Crippen LogP contribution < -0.4 is 5.32 Å². The van der Waals surface area contributed by atoms with Crippen LogP contribution in [0.15, 0.2) is 45.3 Å². The minimum atomic E-state index is 0.198. The van der Waals surface area contributed by atoms with Gasteiger partial charge in [0, 0.05) is 26.2 Å². The zero-order valence-electron chi connectivity index (χ0n) is 11.4. The second-order valence-electron chi connectivity index (χ2n) is 4.95. The zero-order chi connectivity index (χ0) is 14.1. The van der Waals surface area contributed by atoms with Crippen molar-refractivity contribution in [3.63, 3.8) is 0 Å². The standard InChI is InChI=1S/C16H16BrNOS/c1-10-3-5-14(20-10)9-18-11(2)16-8-12-7-13(17)4-6-15(12)19-16/h3-8,11,18H,9H2,1-2H3. The topological polar surface area (TPSA) is 25.2 Å². The van der Waals surface area contributed by atoms with Crippen LogP contribution in [0.4, 0.5) is 0 Å². The van der Waals surface area contributed by atoms with E-state index in [-0.39, 0.29) is 6.04 Å². The Morgan fingerprint density at radius 3 is 2.85 bits per heavy atom. The van der Waals surface area contributed by atoms with E-state index in [0.29, 0.717) is 0 Å². The molecule has 0 aliphatic rings. The molecule has 0 saturated carbocycles. The van der Waals surface area contributed by atoms with Crippen molar-refractivity contribution in [2.45, 2.75) is 26.4 Å². The highest BCUT2D eigenvalue weighted by molar-refractivity contribution is 9.10. The van der Waals surface area contributed by atoms with Crippen LogP contribution in [0, 0.1) is 6.92 Å². The summed E-state index contributed by atoms with van der Waals surface area (Å²) in [4.78, 5) is 2.70. The van der Waals surface area contributed by atoms with Gasteiger partial charge in [-0.25, -0.2) is 0 Å². The minimum absolute atomic E-state index is 0.198. The van der Waals surface area contributed by atoms with Crippen LogP contribution in [0.1, 0.15) is 28.5 Å². The number of benzene rings is 1. The van der Waals surface area contributed by atoms with Gasteiger partial charge in [0.25, 0.3) is 0 Å². The van der Waals surface area contributed by atoms with E-state index in [1.807, 2.05) is 23.5 Å². The van der Waals surface area contributed by atoms with Crippen molar-refractivity contribution in [2.24, 2.45) is 0 Å². The molecule has 1 unspecified atom stereocenters. The summed E-state index contributed by atoms with van der Waals surface area (Å²) in [6, 6.07) is 12.7. The third kappa shape index (κ3) is 2.97. The van der Waals surface area contributed by atoms with E-state index in [2.05, 4.69) is 59.4 Å². The van der Waals surface area contributed by atoms with E-state index in [0.717, 1.165) is 27.7 Å². The van der Waals surface area contributed by atoms with Crippen LogP contribution in [0.2, 0.25) is 0 Å². The second kappa shape index (κ2) is 5.72. The summed E-state index contributed by atoms with van der Waals surface area (Å²) in [5.41, 5.74) is 0.934. The van der Waals surface area contributed by atoms with Gasteiger partial charge in [-0.2, -0.15) is 0 Å². The first kappa shape index (κ1) is 13.9. The fourth-order valence-corrected chi connectivity index (χ4v) is 3.40. The Labute approximate surface area is 130 Å². The first-order valence-electron chi connectivity index (χ1n) is 6.59. The molecule has 0 radical (unpaired) electrons. The zero-order valence-corrected chi connectivity index (χ0v) is 13.8. The molecule has 2 nitrogen and oxygen atoms in total.